The van der Waals surface area contributed by atoms with Crippen molar-refractivity contribution in [2.45, 2.75) is 6.54 Å². The van der Waals surface area contributed by atoms with Crippen LogP contribution in [0.25, 0.3) is 0 Å². The molecular formula is C14H14N6O. The number of hydrogen-bond donors (Lipinski definition) is 2. The highest BCUT2D eigenvalue weighted by molar-refractivity contribution is 5.92. The molecule has 21 heavy (non-hydrogen) atoms. The Hall–Kier alpha value is -2.98. The summed E-state index contributed by atoms with van der Waals surface area (Å²) in [6, 6.07) is 12.3. The minimum atomic E-state index is -0.256. The molecule has 0 fully saturated rings. The molecule has 7 heteroatoms. The van der Waals surface area contributed by atoms with Crippen LogP contribution in [0.15, 0.2) is 36.4 Å². The molecule has 1 aromatic heterocycles. The van der Waals surface area contributed by atoms with Gasteiger partial charge in [0, 0.05) is 13.6 Å². The number of nitrogens with two attached hydrogens (primary N) is 1. The minimum absolute atomic E-state index is 0.230. The summed E-state index contributed by atoms with van der Waals surface area (Å²) in [7, 11) is 1.66. The molecule has 0 atom stereocenters. The van der Waals surface area contributed by atoms with Crippen molar-refractivity contribution in [2.75, 3.05) is 12.5 Å². The third-order valence-corrected chi connectivity index (χ3v) is 2.85. The Morgan fingerprint density at radius 2 is 2.19 bits per heavy atom. The summed E-state index contributed by atoms with van der Waals surface area (Å²) in [5.74, 6) is 5.32. The molecule has 0 aliphatic rings. The number of carbonyl (C=O) groups is 1. The topological polar surface area (TPSA) is 108 Å². The lowest BCUT2D eigenvalue weighted by atomic mass is 10.1. The molecule has 1 amide bonds. The molecule has 0 saturated carbocycles. The fourth-order valence-corrected chi connectivity index (χ4v) is 1.80. The maximum absolute atomic E-state index is 12.2. The zero-order chi connectivity index (χ0) is 15.2. The highest BCUT2D eigenvalue weighted by Gasteiger charge is 2.14. The molecule has 7 nitrogen and oxygen atoms in total. The quantitative estimate of drug-likeness (QED) is 0.637. The molecular weight excluding hydrogens is 268 g/mol. The Bertz CT molecular complexity index is 677. The van der Waals surface area contributed by atoms with E-state index in [-0.39, 0.29) is 11.6 Å². The standard InChI is InChI=1S/C14H14N6O/c1-20(9-11-4-2-3-10(7-11)8-15)14(21)12-5-6-13(17-16)19-18-12/h2-7H,9,16H2,1H3,(H,17,19). The van der Waals surface area contributed by atoms with Gasteiger partial charge in [0.2, 0.25) is 0 Å². The second-order valence-corrected chi connectivity index (χ2v) is 4.42. The van der Waals surface area contributed by atoms with Crippen molar-refractivity contribution in [1.82, 2.24) is 15.1 Å². The van der Waals surface area contributed by atoms with Gasteiger partial charge < -0.3 is 10.3 Å². The number of benzene rings is 1. The number of nitrogens with zero attached hydrogens (tertiary/aromatic N) is 4. The van der Waals surface area contributed by atoms with Crippen LogP contribution >= 0.6 is 0 Å². The van der Waals surface area contributed by atoms with Gasteiger partial charge in [-0.15, -0.1) is 10.2 Å². The molecule has 0 unspecified atom stereocenters. The second-order valence-electron chi connectivity index (χ2n) is 4.42. The van der Waals surface area contributed by atoms with E-state index in [0.717, 1.165) is 5.56 Å². The first-order valence-electron chi connectivity index (χ1n) is 6.19. The summed E-state index contributed by atoms with van der Waals surface area (Å²) in [6.45, 7) is 0.382. The van der Waals surface area contributed by atoms with Crippen LogP contribution in [0.1, 0.15) is 21.6 Å². The minimum Gasteiger partial charge on any atom is -0.336 e. The molecule has 2 rings (SSSR count). The van der Waals surface area contributed by atoms with Crippen LogP contribution < -0.4 is 11.3 Å². The smallest absolute Gasteiger partial charge is 0.274 e. The molecule has 0 aliphatic heterocycles. The Morgan fingerprint density at radius 3 is 2.81 bits per heavy atom. The van der Waals surface area contributed by atoms with E-state index in [1.54, 1.807) is 37.4 Å². The first-order chi connectivity index (χ1) is 10.1. The summed E-state index contributed by atoms with van der Waals surface area (Å²) in [5.41, 5.74) is 4.01. The van der Waals surface area contributed by atoms with Gasteiger partial charge in [-0.25, -0.2) is 5.84 Å². The van der Waals surface area contributed by atoms with E-state index in [2.05, 4.69) is 21.7 Å². The monoisotopic (exact) mass is 282 g/mol. The number of rotatable bonds is 4. The van der Waals surface area contributed by atoms with E-state index in [4.69, 9.17) is 11.1 Å². The zero-order valence-electron chi connectivity index (χ0n) is 11.4. The summed E-state index contributed by atoms with van der Waals surface area (Å²) < 4.78 is 0. The van der Waals surface area contributed by atoms with Crippen LogP contribution in [-0.2, 0) is 6.54 Å². The van der Waals surface area contributed by atoms with Crippen molar-refractivity contribution in [3.63, 3.8) is 0 Å². The van der Waals surface area contributed by atoms with Gasteiger partial charge in [-0.05, 0) is 29.8 Å². The normalized spacial score (nSPS) is 9.76. The van der Waals surface area contributed by atoms with Crippen LogP contribution in [0, 0.1) is 11.3 Å². The number of amides is 1. The molecule has 0 aliphatic carbocycles. The first-order valence-corrected chi connectivity index (χ1v) is 6.19. The number of aromatic nitrogens is 2. The third-order valence-electron chi connectivity index (χ3n) is 2.85. The Morgan fingerprint density at radius 1 is 1.38 bits per heavy atom. The average Bonchev–Trinajstić information content (AvgIpc) is 2.54. The Balaban J connectivity index is 2.09. The number of nitrogens with one attached hydrogen (secondary N) is 1. The number of carbonyl (C=O) groups excluding carboxylic acids is 1. The maximum Gasteiger partial charge on any atom is 0.274 e. The fourth-order valence-electron chi connectivity index (χ4n) is 1.80. The highest BCUT2D eigenvalue weighted by Crippen LogP contribution is 2.09. The van der Waals surface area contributed by atoms with E-state index in [0.29, 0.717) is 17.9 Å². The van der Waals surface area contributed by atoms with E-state index in [1.807, 2.05) is 6.07 Å². The van der Waals surface area contributed by atoms with Gasteiger partial charge in [-0.1, -0.05) is 12.1 Å². The lowest BCUT2D eigenvalue weighted by Crippen LogP contribution is -2.27. The van der Waals surface area contributed by atoms with Crippen molar-refractivity contribution in [3.8, 4) is 6.07 Å². The zero-order valence-corrected chi connectivity index (χ0v) is 11.4. The number of hydrogen-bond acceptors (Lipinski definition) is 6. The van der Waals surface area contributed by atoms with Gasteiger partial charge in [0.05, 0.1) is 11.6 Å². The largest absolute Gasteiger partial charge is 0.336 e. The van der Waals surface area contributed by atoms with Crippen molar-refractivity contribution in [3.05, 3.63) is 53.2 Å². The molecule has 0 saturated heterocycles. The van der Waals surface area contributed by atoms with Gasteiger partial charge in [-0.3, -0.25) is 4.79 Å². The van der Waals surface area contributed by atoms with Gasteiger partial charge in [0.15, 0.2) is 11.5 Å². The Labute approximate surface area is 122 Å². The van der Waals surface area contributed by atoms with E-state index >= 15 is 0 Å². The van der Waals surface area contributed by atoms with Crippen LogP contribution in [0.2, 0.25) is 0 Å². The van der Waals surface area contributed by atoms with Gasteiger partial charge in [0.1, 0.15) is 0 Å². The maximum atomic E-state index is 12.2. The van der Waals surface area contributed by atoms with Crippen LogP contribution in [0.3, 0.4) is 0 Å². The molecule has 0 spiro atoms. The Kier molecular flexibility index (Phi) is 4.43. The van der Waals surface area contributed by atoms with Gasteiger partial charge in [0.25, 0.3) is 5.91 Å². The lowest BCUT2D eigenvalue weighted by Gasteiger charge is -2.16. The average molecular weight is 282 g/mol. The number of nitriles is 1. The SMILES string of the molecule is CN(Cc1cccc(C#N)c1)C(=O)c1ccc(NN)nn1. The summed E-state index contributed by atoms with van der Waals surface area (Å²) in [5, 5.41) is 16.4. The van der Waals surface area contributed by atoms with Crippen LogP contribution in [0.4, 0.5) is 5.82 Å². The molecule has 0 bridgehead atoms. The predicted octanol–water partition coefficient (Wildman–Crippen LogP) is 0.906. The van der Waals surface area contributed by atoms with Crippen molar-refractivity contribution < 1.29 is 4.79 Å². The number of anilines is 1. The second kappa shape index (κ2) is 6.45. The van der Waals surface area contributed by atoms with Crippen LogP contribution in [-0.4, -0.2) is 28.1 Å². The van der Waals surface area contributed by atoms with Crippen molar-refractivity contribution in [1.29, 1.82) is 5.26 Å². The van der Waals surface area contributed by atoms with Gasteiger partial charge >= 0.3 is 0 Å². The summed E-state index contributed by atoms with van der Waals surface area (Å²) >= 11 is 0. The number of hydrazine groups is 1. The summed E-state index contributed by atoms with van der Waals surface area (Å²) in [6.07, 6.45) is 0. The van der Waals surface area contributed by atoms with Crippen molar-refractivity contribution in [2.24, 2.45) is 5.84 Å². The molecule has 1 aromatic carbocycles. The summed E-state index contributed by atoms with van der Waals surface area (Å²) in [4.78, 5) is 13.7. The lowest BCUT2D eigenvalue weighted by molar-refractivity contribution is 0.0778. The molecule has 106 valence electrons. The van der Waals surface area contributed by atoms with E-state index in [1.165, 1.54) is 4.90 Å². The van der Waals surface area contributed by atoms with Gasteiger partial charge in [-0.2, -0.15) is 5.26 Å². The van der Waals surface area contributed by atoms with Crippen LogP contribution in [0.5, 0.6) is 0 Å². The molecule has 2 aromatic rings. The fraction of sp³-hybridized carbons (Fsp3) is 0.143. The predicted molar refractivity (Wildman–Crippen MR) is 76.8 cm³/mol. The highest BCUT2D eigenvalue weighted by atomic mass is 16.2. The third kappa shape index (κ3) is 3.52. The molecule has 3 N–H and O–H groups in total. The van der Waals surface area contributed by atoms with E-state index in [9.17, 15) is 4.79 Å². The van der Waals surface area contributed by atoms with E-state index < -0.39 is 0 Å². The van der Waals surface area contributed by atoms with Crippen molar-refractivity contribution >= 4 is 11.7 Å². The molecule has 0 radical (unpaired) electrons. The molecule has 1 heterocycles. The number of nitrogen functional groups attached to an aromatic ring is 1. The first kappa shape index (κ1) is 14.4.